The van der Waals surface area contributed by atoms with Gasteiger partial charge in [-0.2, -0.15) is 11.3 Å². The molecule has 1 heterocycles. The number of aliphatic hydroxyl groups excluding tert-OH is 1. The van der Waals surface area contributed by atoms with E-state index in [1.807, 2.05) is 5.38 Å². The number of anilines is 1. The Morgan fingerprint density at radius 2 is 2.11 bits per heavy atom. The lowest BCUT2D eigenvalue weighted by Gasteiger charge is -2.30. The van der Waals surface area contributed by atoms with E-state index in [9.17, 15) is 14.7 Å². The summed E-state index contributed by atoms with van der Waals surface area (Å²) < 4.78 is 0. The molecule has 1 aromatic heterocycles. The summed E-state index contributed by atoms with van der Waals surface area (Å²) in [4.78, 5) is 23.5. The van der Waals surface area contributed by atoms with Crippen LogP contribution in [0.1, 0.15) is 25.7 Å². The summed E-state index contributed by atoms with van der Waals surface area (Å²) in [7, 11) is 0. The summed E-state index contributed by atoms with van der Waals surface area (Å²) >= 11 is 1.45. The molecule has 0 bridgehead atoms. The third-order valence-electron chi connectivity index (χ3n) is 3.45. The van der Waals surface area contributed by atoms with Crippen LogP contribution in [-0.2, 0) is 9.59 Å². The average molecular weight is 282 g/mol. The lowest BCUT2D eigenvalue weighted by molar-refractivity contribution is -0.137. The van der Waals surface area contributed by atoms with Crippen LogP contribution in [0.2, 0.25) is 0 Å². The molecule has 1 fully saturated rings. The van der Waals surface area contributed by atoms with E-state index in [1.54, 1.807) is 11.4 Å². The monoisotopic (exact) mass is 282 g/mol. The van der Waals surface area contributed by atoms with Gasteiger partial charge in [-0.3, -0.25) is 9.59 Å². The second-order valence-corrected chi connectivity index (χ2v) is 5.55. The molecular weight excluding hydrogens is 264 g/mol. The van der Waals surface area contributed by atoms with Crippen LogP contribution in [0, 0.1) is 5.92 Å². The highest BCUT2D eigenvalue weighted by Gasteiger charge is 2.27. The Hall–Kier alpha value is -1.40. The number of hydrogen-bond donors (Lipinski definition) is 3. The van der Waals surface area contributed by atoms with Gasteiger partial charge in [0.25, 0.3) is 0 Å². The first-order valence-corrected chi connectivity index (χ1v) is 7.40. The molecule has 2 atom stereocenters. The first-order valence-electron chi connectivity index (χ1n) is 6.45. The molecule has 104 valence electrons. The Morgan fingerprint density at radius 3 is 2.79 bits per heavy atom. The molecule has 5 nitrogen and oxygen atoms in total. The zero-order chi connectivity index (χ0) is 13.7. The average Bonchev–Trinajstić information content (AvgIpc) is 2.92. The smallest absolute Gasteiger partial charge is 0.313 e. The molecule has 2 amide bonds. The van der Waals surface area contributed by atoms with Crippen molar-refractivity contribution in [2.45, 2.75) is 31.7 Å². The normalized spacial score (nSPS) is 22.8. The largest absolute Gasteiger partial charge is 0.396 e. The number of aliphatic hydroxyl groups is 1. The van der Waals surface area contributed by atoms with Crippen LogP contribution in [0.5, 0.6) is 0 Å². The van der Waals surface area contributed by atoms with E-state index < -0.39 is 11.8 Å². The summed E-state index contributed by atoms with van der Waals surface area (Å²) in [6, 6.07) is 1.65. The standard InChI is InChI=1S/C13H18N2O3S/c16-7-9-3-1-2-4-11(9)15-13(18)12(17)14-10-5-6-19-8-10/h5-6,8-9,11,16H,1-4,7H2,(H,14,17)(H,15,18). The van der Waals surface area contributed by atoms with Gasteiger partial charge in [0.15, 0.2) is 0 Å². The minimum absolute atomic E-state index is 0.0527. The maximum absolute atomic E-state index is 11.8. The topological polar surface area (TPSA) is 78.4 Å². The van der Waals surface area contributed by atoms with Crippen LogP contribution in [0.25, 0.3) is 0 Å². The van der Waals surface area contributed by atoms with Gasteiger partial charge in [0, 0.05) is 23.9 Å². The third-order valence-corrected chi connectivity index (χ3v) is 4.13. The Kier molecular flexibility index (Phi) is 4.93. The summed E-state index contributed by atoms with van der Waals surface area (Å²) in [6.07, 6.45) is 3.81. The zero-order valence-corrected chi connectivity index (χ0v) is 11.4. The first-order chi connectivity index (χ1) is 9.20. The van der Waals surface area contributed by atoms with Gasteiger partial charge in [-0.1, -0.05) is 12.8 Å². The molecule has 3 N–H and O–H groups in total. The van der Waals surface area contributed by atoms with E-state index in [-0.39, 0.29) is 18.6 Å². The van der Waals surface area contributed by atoms with Gasteiger partial charge < -0.3 is 15.7 Å². The van der Waals surface area contributed by atoms with Gasteiger partial charge in [0.2, 0.25) is 0 Å². The van der Waals surface area contributed by atoms with Crippen molar-refractivity contribution in [2.24, 2.45) is 5.92 Å². The van der Waals surface area contributed by atoms with E-state index in [4.69, 9.17) is 0 Å². The van der Waals surface area contributed by atoms with Gasteiger partial charge >= 0.3 is 11.8 Å². The van der Waals surface area contributed by atoms with Crippen molar-refractivity contribution in [1.82, 2.24) is 5.32 Å². The Balaban J connectivity index is 1.87. The molecule has 1 aliphatic carbocycles. The number of rotatable bonds is 3. The Bertz CT molecular complexity index is 433. The summed E-state index contributed by atoms with van der Waals surface area (Å²) in [5.41, 5.74) is 0.632. The van der Waals surface area contributed by atoms with Crippen molar-refractivity contribution in [3.63, 3.8) is 0 Å². The van der Waals surface area contributed by atoms with Crippen molar-refractivity contribution in [3.05, 3.63) is 16.8 Å². The second-order valence-electron chi connectivity index (χ2n) is 4.77. The summed E-state index contributed by atoms with van der Waals surface area (Å²) in [5.74, 6) is -1.22. The molecule has 19 heavy (non-hydrogen) atoms. The number of carbonyl (C=O) groups is 2. The van der Waals surface area contributed by atoms with E-state index in [1.165, 1.54) is 11.3 Å². The molecule has 0 aliphatic heterocycles. The van der Waals surface area contributed by atoms with Crippen LogP contribution in [0.4, 0.5) is 5.69 Å². The second kappa shape index (κ2) is 6.68. The van der Waals surface area contributed by atoms with E-state index in [0.717, 1.165) is 25.7 Å². The number of nitrogens with one attached hydrogen (secondary N) is 2. The van der Waals surface area contributed by atoms with Gasteiger partial charge in [-0.25, -0.2) is 0 Å². The zero-order valence-electron chi connectivity index (χ0n) is 10.6. The van der Waals surface area contributed by atoms with Crippen LogP contribution >= 0.6 is 11.3 Å². The van der Waals surface area contributed by atoms with Crippen molar-refractivity contribution >= 4 is 28.8 Å². The SMILES string of the molecule is O=C(Nc1ccsc1)C(=O)NC1CCCCC1CO. The number of amides is 2. The molecule has 2 rings (SSSR count). The van der Waals surface area contributed by atoms with Crippen molar-refractivity contribution in [2.75, 3.05) is 11.9 Å². The minimum atomic E-state index is -0.652. The predicted molar refractivity (Wildman–Crippen MR) is 73.9 cm³/mol. The van der Waals surface area contributed by atoms with Crippen molar-refractivity contribution < 1.29 is 14.7 Å². The molecular formula is C13H18N2O3S. The van der Waals surface area contributed by atoms with Gasteiger partial charge in [0.05, 0.1) is 5.69 Å². The molecule has 2 unspecified atom stereocenters. The molecule has 1 aliphatic rings. The molecule has 6 heteroatoms. The highest BCUT2D eigenvalue weighted by atomic mass is 32.1. The predicted octanol–water partition coefficient (Wildman–Crippen LogP) is 1.35. The van der Waals surface area contributed by atoms with Crippen LogP contribution < -0.4 is 10.6 Å². The lowest BCUT2D eigenvalue weighted by Crippen LogP contribution is -2.47. The fraction of sp³-hybridized carbons (Fsp3) is 0.538. The Labute approximate surface area is 116 Å². The fourth-order valence-corrected chi connectivity index (χ4v) is 2.96. The minimum Gasteiger partial charge on any atom is -0.396 e. The molecule has 0 radical (unpaired) electrons. The van der Waals surface area contributed by atoms with Crippen LogP contribution in [-0.4, -0.2) is 29.6 Å². The van der Waals surface area contributed by atoms with E-state index in [2.05, 4.69) is 10.6 Å². The van der Waals surface area contributed by atoms with Gasteiger partial charge in [-0.15, -0.1) is 0 Å². The first kappa shape index (κ1) is 14.0. The molecule has 1 saturated carbocycles. The molecule has 0 aromatic carbocycles. The number of hydrogen-bond acceptors (Lipinski definition) is 4. The molecule has 0 saturated heterocycles. The van der Waals surface area contributed by atoms with E-state index in [0.29, 0.717) is 5.69 Å². The number of carbonyl (C=O) groups excluding carboxylic acids is 2. The van der Waals surface area contributed by atoms with Gasteiger partial charge in [-0.05, 0) is 24.3 Å². The summed E-state index contributed by atoms with van der Waals surface area (Å²) in [5, 5.41) is 18.1. The maximum Gasteiger partial charge on any atom is 0.313 e. The molecule has 1 aromatic rings. The van der Waals surface area contributed by atoms with Crippen molar-refractivity contribution in [3.8, 4) is 0 Å². The van der Waals surface area contributed by atoms with Gasteiger partial charge in [0.1, 0.15) is 0 Å². The lowest BCUT2D eigenvalue weighted by atomic mass is 9.85. The quantitative estimate of drug-likeness (QED) is 0.732. The van der Waals surface area contributed by atoms with Crippen LogP contribution in [0.3, 0.4) is 0 Å². The molecule has 0 spiro atoms. The maximum atomic E-state index is 11.8. The Morgan fingerprint density at radius 1 is 1.32 bits per heavy atom. The summed E-state index contributed by atoms with van der Waals surface area (Å²) in [6.45, 7) is 0.0527. The highest BCUT2D eigenvalue weighted by molar-refractivity contribution is 7.08. The third kappa shape index (κ3) is 3.78. The van der Waals surface area contributed by atoms with E-state index >= 15 is 0 Å². The van der Waals surface area contributed by atoms with Crippen LogP contribution in [0.15, 0.2) is 16.8 Å². The highest BCUT2D eigenvalue weighted by Crippen LogP contribution is 2.23. The number of thiophene rings is 1. The fourth-order valence-electron chi connectivity index (χ4n) is 2.37. The van der Waals surface area contributed by atoms with Crippen molar-refractivity contribution in [1.29, 1.82) is 0 Å².